The fourth-order valence-electron chi connectivity index (χ4n) is 11.2. The van der Waals surface area contributed by atoms with Gasteiger partial charge in [0.25, 0.3) is 0 Å². The molecule has 4 saturated heterocycles. The SMILES string of the molecule is CC1(C)CCCC(C)(C)N1B1P2B(N3C(C)(C)CCCC3(C)C)[P+]12[B-](c1c(F)c(F)c(F)c(F)c1F)(c1c(F)c(F)c(F)c(F)c1F)c1c(F)c(F)c(F)c(F)c1F. The molecule has 3 aromatic carbocycles. The van der Waals surface area contributed by atoms with E-state index in [0.717, 1.165) is 0 Å². The van der Waals surface area contributed by atoms with Gasteiger partial charge in [0.15, 0.2) is 52.4 Å². The minimum atomic E-state index is -5.66. The van der Waals surface area contributed by atoms with Crippen LogP contribution in [0.25, 0.3) is 0 Å². The van der Waals surface area contributed by atoms with Crippen molar-refractivity contribution >= 4 is 48.8 Å². The zero-order valence-corrected chi connectivity index (χ0v) is 34.2. The lowest BCUT2D eigenvalue weighted by Crippen LogP contribution is -2.76. The van der Waals surface area contributed by atoms with Crippen LogP contribution in [0.3, 0.4) is 0 Å². The smallest absolute Gasteiger partial charge is 0.293 e. The lowest BCUT2D eigenvalue weighted by molar-refractivity contribution is 0.0529. The van der Waals surface area contributed by atoms with Crippen LogP contribution < -0.4 is 16.4 Å². The molecule has 0 unspecified atom stereocenters. The number of rotatable bonds is 6. The van der Waals surface area contributed by atoms with E-state index >= 15 is 52.7 Å². The third-order valence-corrected chi connectivity index (χ3v) is 26.9. The Morgan fingerprint density at radius 2 is 0.569 bits per heavy atom. The minimum absolute atomic E-state index is 0.342. The minimum Gasteiger partial charge on any atom is -0.293 e. The molecule has 0 radical (unpaired) electrons. The van der Waals surface area contributed by atoms with Gasteiger partial charge in [-0.25, -0.2) is 65.9 Å². The number of fused-ring (bicyclic) bond motifs is 1. The monoisotopic (exact) mass is 876 g/mol. The van der Waals surface area contributed by atoms with Crippen molar-refractivity contribution in [2.75, 3.05) is 0 Å². The highest BCUT2D eigenvalue weighted by molar-refractivity contribution is 9.28. The average molecular weight is 876 g/mol. The quantitative estimate of drug-likeness (QED) is 0.0801. The van der Waals surface area contributed by atoms with Crippen LogP contribution in [0, 0.1) is 87.3 Å². The van der Waals surface area contributed by atoms with E-state index in [4.69, 9.17) is 0 Å². The highest BCUT2D eigenvalue weighted by Crippen LogP contribution is 3.28. The summed E-state index contributed by atoms with van der Waals surface area (Å²) in [5, 5.41) is 0. The maximum Gasteiger partial charge on any atom is 0.427 e. The average Bonchev–Trinajstić information content (AvgIpc) is 4.00. The summed E-state index contributed by atoms with van der Waals surface area (Å²) in [7, 11) is -2.33. The molecule has 22 heteroatoms. The maximum atomic E-state index is 17.0. The van der Waals surface area contributed by atoms with Crippen molar-refractivity contribution in [2.45, 2.75) is 116 Å². The summed E-state index contributed by atoms with van der Waals surface area (Å²) in [5.41, 5.74) is -11.4. The molecule has 2 nitrogen and oxygen atoms in total. The van der Waals surface area contributed by atoms with Crippen LogP contribution in [0.1, 0.15) is 93.9 Å². The van der Waals surface area contributed by atoms with Crippen molar-refractivity contribution in [1.29, 1.82) is 0 Å². The molecule has 4 aliphatic heterocycles. The van der Waals surface area contributed by atoms with Gasteiger partial charge in [-0.2, -0.15) is 6.59 Å². The van der Waals surface area contributed by atoms with Gasteiger partial charge in [0.2, 0.25) is 5.87 Å². The van der Waals surface area contributed by atoms with Crippen LogP contribution in [-0.2, 0) is 0 Å². The molecule has 7 rings (SSSR count). The highest BCUT2D eigenvalue weighted by atomic mass is 32.2. The zero-order chi connectivity index (χ0) is 43.5. The van der Waals surface area contributed by atoms with Gasteiger partial charge in [0, 0.05) is 29.5 Å². The zero-order valence-electron chi connectivity index (χ0n) is 32.4. The van der Waals surface area contributed by atoms with Crippen LogP contribution in [0.2, 0.25) is 0 Å². The van der Waals surface area contributed by atoms with Crippen molar-refractivity contribution in [1.82, 2.24) is 9.62 Å². The number of halogens is 15. The van der Waals surface area contributed by atoms with Crippen molar-refractivity contribution in [2.24, 2.45) is 0 Å². The van der Waals surface area contributed by atoms with Crippen LogP contribution in [0.15, 0.2) is 0 Å². The summed E-state index contributed by atoms with van der Waals surface area (Å²) in [5.74, 6) is -49.5. The first-order valence-corrected chi connectivity index (χ1v) is 22.7. The van der Waals surface area contributed by atoms with E-state index in [-0.39, 0.29) is 0 Å². The highest BCUT2D eigenvalue weighted by Gasteiger charge is 3.07. The molecule has 0 amide bonds. The summed E-state index contributed by atoms with van der Waals surface area (Å²) >= 11 is 0. The van der Waals surface area contributed by atoms with E-state index in [1.165, 1.54) is 0 Å². The molecule has 0 aromatic heterocycles. The first kappa shape index (κ1) is 43.7. The van der Waals surface area contributed by atoms with Crippen LogP contribution in [0.4, 0.5) is 65.9 Å². The van der Waals surface area contributed by atoms with Crippen molar-refractivity contribution in [3.8, 4) is 0 Å². The molecule has 58 heavy (non-hydrogen) atoms. The molecule has 0 N–H and O–H groups in total. The molecular weight excluding hydrogens is 840 g/mol. The van der Waals surface area contributed by atoms with Crippen LogP contribution >= 0.6 is 14.0 Å². The molecule has 0 aliphatic carbocycles. The molecular formula is C36H36B3F15N2P2. The lowest BCUT2D eigenvalue weighted by Gasteiger charge is -2.57. The first-order chi connectivity index (χ1) is 26.5. The molecule has 4 heterocycles. The molecule has 0 atom stereocenters. The normalized spacial score (nSPS) is 25.0. The van der Waals surface area contributed by atoms with Gasteiger partial charge in [0.05, 0.1) is 0 Å². The van der Waals surface area contributed by atoms with Gasteiger partial charge < -0.3 is 0 Å². The number of hydrogen-bond acceptors (Lipinski definition) is 2. The lowest BCUT2D eigenvalue weighted by atomic mass is 9.33. The molecule has 0 spiro atoms. The number of nitrogens with zero attached hydrogens (tertiary/aromatic N) is 2. The Kier molecular flexibility index (Phi) is 10.0. The van der Waals surface area contributed by atoms with Crippen LogP contribution in [0.5, 0.6) is 0 Å². The number of piperidine rings is 2. The van der Waals surface area contributed by atoms with Gasteiger partial charge in [0.1, 0.15) is 34.9 Å². The topological polar surface area (TPSA) is 6.48 Å². The largest absolute Gasteiger partial charge is 0.427 e. The molecule has 0 bridgehead atoms. The predicted octanol–water partition coefficient (Wildman–Crippen LogP) is 10.2. The van der Waals surface area contributed by atoms with E-state index in [2.05, 4.69) is 0 Å². The summed E-state index contributed by atoms with van der Waals surface area (Å²) in [6.45, 7) is 8.77. The van der Waals surface area contributed by atoms with E-state index in [9.17, 15) is 13.2 Å². The summed E-state index contributed by atoms with van der Waals surface area (Å²) < 4.78 is 241. The fourth-order valence-corrected chi connectivity index (χ4v) is 31.5. The molecule has 3 aromatic rings. The maximum absolute atomic E-state index is 17.0. The van der Waals surface area contributed by atoms with Gasteiger partial charge in [-0.15, -0.1) is 0 Å². The Morgan fingerprint density at radius 3 is 0.776 bits per heavy atom. The third-order valence-electron chi connectivity index (χ3n) is 13.3. The van der Waals surface area contributed by atoms with E-state index in [1.807, 2.05) is 0 Å². The van der Waals surface area contributed by atoms with Gasteiger partial charge in [-0.1, -0.05) is 16.4 Å². The number of benzene rings is 3. The van der Waals surface area contributed by atoms with Gasteiger partial charge >= 0.3 is 12.6 Å². The molecule has 4 aliphatic rings. The summed E-state index contributed by atoms with van der Waals surface area (Å²) in [6.07, 6.45) is -0.247. The Hall–Kier alpha value is -2.42. The fraction of sp³-hybridized carbons (Fsp3) is 0.500. The summed E-state index contributed by atoms with van der Waals surface area (Å²) in [4.78, 5) is 3.45. The summed E-state index contributed by atoms with van der Waals surface area (Å²) in [6, 6.07) is 0. The third kappa shape index (κ3) is 5.34. The Balaban J connectivity index is 1.82. The first-order valence-electron chi connectivity index (χ1n) is 18.5. The van der Waals surface area contributed by atoms with Crippen molar-refractivity contribution in [3.63, 3.8) is 0 Å². The van der Waals surface area contributed by atoms with E-state index in [0.29, 0.717) is 38.5 Å². The predicted molar refractivity (Wildman–Crippen MR) is 196 cm³/mol. The number of hydrogen-bond donors (Lipinski definition) is 0. The Bertz CT molecular complexity index is 1980. The second-order valence-electron chi connectivity index (χ2n) is 18.3. The van der Waals surface area contributed by atoms with Gasteiger partial charge in [-0.3, -0.25) is 9.62 Å². The second-order valence-corrected chi connectivity index (χ2v) is 27.7. The standard InChI is InChI=1S/C36H36B3F15N2P2/c1-33(2)11-9-12-34(3,4)55(33)37-57-38(56-35(5,6)13-10-14-36(56,7)8)58(37,57)39(15-18(40)24(46)30(52)25(47)19(15)41,16-20(42)26(48)31(53)27(49)21(16)43)17-22(44)28(50)32(54)29(51)23(17)45/h9-14H2,1-8H3. The Morgan fingerprint density at radius 1 is 0.379 bits per heavy atom. The van der Waals surface area contributed by atoms with Gasteiger partial charge in [-0.05, 0) is 93.9 Å². The van der Waals surface area contributed by atoms with E-state index < -0.39 is 158 Å². The van der Waals surface area contributed by atoms with Crippen molar-refractivity contribution in [3.05, 3.63) is 87.3 Å². The van der Waals surface area contributed by atoms with Crippen molar-refractivity contribution < 1.29 is 65.9 Å². The second kappa shape index (κ2) is 13.3. The Labute approximate surface area is 327 Å². The van der Waals surface area contributed by atoms with E-state index in [1.54, 1.807) is 65.0 Å². The molecule has 4 fully saturated rings. The van der Waals surface area contributed by atoms with Crippen LogP contribution in [-0.4, -0.2) is 50.2 Å². The molecule has 0 saturated carbocycles. The molecule has 314 valence electrons.